The van der Waals surface area contributed by atoms with E-state index in [1.165, 1.54) is 6.07 Å². The van der Waals surface area contributed by atoms with E-state index < -0.39 is 23.6 Å². The third-order valence-corrected chi connectivity index (χ3v) is 2.21. The lowest BCUT2D eigenvalue weighted by molar-refractivity contribution is -0.139. The smallest absolute Gasteiger partial charge is 0.325 e. The molecule has 4 nitrogen and oxygen atoms in total. The summed E-state index contributed by atoms with van der Waals surface area (Å²) in [5, 5.41) is 20.2. The van der Waals surface area contributed by atoms with Crippen LogP contribution in [0, 0.1) is 11.6 Å². The molecule has 0 saturated carbocycles. The predicted molar refractivity (Wildman–Crippen MR) is 56.4 cm³/mol. The summed E-state index contributed by atoms with van der Waals surface area (Å²) < 4.78 is 25.6. The van der Waals surface area contributed by atoms with Crippen LogP contribution in [0.25, 0.3) is 0 Å². The summed E-state index contributed by atoms with van der Waals surface area (Å²) in [6.45, 7) is 0.198. The predicted octanol–water partition coefficient (Wildman–Crippen LogP) is 1.06. The molecule has 0 fully saturated rings. The fourth-order valence-corrected chi connectivity index (χ4v) is 1.37. The fraction of sp³-hybridized carbons (Fsp3) is 0.364. The van der Waals surface area contributed by atoms with Gasteiger partial charge in [-0.15, -0.1) is 0 Å². The number of benzene rings is 1. The maximum absolute atomic E-state index is 13.0. The third-order valence-electron chi connectivity index (χ3n) is 2.21. The number of aliphatic carboxylic acids is 1. The van der Waals surface area contributed by atoms with Crippen molar-refractivity contribution in [1.82, 2.24) is 5.32 Å². The normalized spacial score (nSPS) is 12.4. The Morgan fingerprint density at radius 1 is 1.35 bits per heavy atom. The molecular formula is C11H13F2NO3. The van der Waals surface area contributed by atoms with E-state index in [-0.39, 0.29) is 18.7 Å². The van der Waals surface area contributed by atoms with Crippen molar-refractivity contribution in [3.05, 3.63) is 35.4 Å². The molecule has 0 aliphatic carbocycles. The molecule has 0 radical (unpaired) electrons. The largest absolute Gasteiger partial charge is 0.480 e. The van der Waals surface area contributed by atoms with Gasteiger partial charge in [-0.25, -0.2) is 8.78 Å². The Hall–Kier alpha value is -1.53. The van der Waals surface area contributed by atoms with Crippen LogP contribution in [-0.2, 0) is 4.79 Å². The van der Waals surface area contributed by atoms with E-state index in [1.807, 2.05) is 0 Å². The Labute approximate surface area is 96.9 Å². The van der Waals surface area contributed by atoms with Gasteiger partial charge in [0.2, 0.25) is 0 Å². The molecule has 0 aliphatic rings. The number of aliphatic hydroxyl groups excluding tert-OH is 1. The fourth-order valence-electron chi connectivity index (χ4n) is 1.37. The van der Waals surface area contributed by atoms with Crippen molar-refractivity contribution in [1.29, 1.82) is 0 Å². The van der Waals surface area contributed by atoms with Gasteiger partial charge in [0, 0.05) is 6.61 Å². The molecule has 17 heavy (non-hydrogen) atoms. The number of rotatable bonds is 6. The molecule has 1 aromatic carbocycles. The molecule has 0 saturated heterocycles. The summed E-state index contributed by atoms with van der Waals surface area (Å²) in [6, 6.07) is 1.83. The Bertz CT molecular complexity index is 398. The summed E-state index contributed by atoms with van der Waals surface area (Å²) in [4.78, 5) is 10.9. The van der Waals surface area contributed by atoms with E-state index in [1.54, 1.807) is 0 Å². The van der Waals surface area contributed by atoms with Crippen molar-refractivity contribution in [2.24, 2.45) is 0 Å². The first kappa shape index (κ1) is 13.5. The molecule has 1 unspecified atom stereocenters. The molecule has 1 atom stereocenters. The minimum absolute atomic E-state index is 0.0723. The monoisotopic (exact) mass is 245 g/mol. The van der Waals surface area contributed by atoms with Crippen LogP contribution in [0.15, 0.2) is 18.2 Å². The van der Waals surface area contributed by atoms with Gasteiger partial charge in [0.15, 0.2) is 11.6 Å². The molecule has 0 heterocycles. The SMILES string of the molecule is O=C(O)C(NCCCO)c1ccc(F)c(F)c1. The van der Waals surface area contributed by atoms with Gasteiger partial charge in [-0.05, 0) is 30.7 Å². The standard InChI is InChI=1S/C11H13F2NO3/c12-8-3-2-7(6-9(8)13)10(11(16)17)14-4-1-5-15/h2-3,6,10,14-15H,1,4-5H2,(H,16,17). The lowest BCUT2D eigenvalue weighted by Gasteiger charge is -2.14. The van der Waals surface area contributed by atoms with E-state index in [4.69, 9.17) is 10.2 Å². The Kier molecular flexibility index (Phi) is 4.99. The van der Waals surface area contributed by atoms with Gasteiger partial charge in [0.05, 0.1) is 0 Å². The van der Waals surface area contributed by atoms with E-state index in [2.05, 4.69) is 5.32 Å². The molecule has 0 amide bonds. The maximum atomic E-state index is 13.0. The summed E-state index contributed by atoms with van der Waals surface area (Å²) in [6.07, 6.45) is 0.382. The number of carboxylic acid groups (broad SMARTS) is 1. The molecular weight excluding hydrogens is 232 g/mol. The van der Waals surface area contributed by atoms with Crippen LogP contribution in [-0.4, -0.2) is 29.3 Å². The van der Waals surface area contributed by atoms with Crippen molar-refractivity contribution < 1.29 is 23.8 Å². The molecule has 0 aliphatic heterocycles. The number of hydrogen-bond acceptors (Lipinski definition) is 3. The zero-order valence-corrected chi connectivity index (χ0v) is 8.99. The molecule has 6 heteroatoms. The average molecular weight is 245 g/mol. The minimum Gasteiger partial charge on any atom is -0.480 e. The summed E-state index contributed by atoms with van der Waals surface area (Å²) >= 11 is 0. The van der Waals surface area contributed by atoms with Crippen LogP contribution in [0.4, 0.5) is 8.78 Å². The number of carbonyl (C=O) groups is 1. The van der Waals surface area contributed by atoms with E-state index in [9.17, 15) is 13.6 Å². The third kappa shape index (κ3) is 3.76. The van der Waals surface area contributed by atoms with E-state index in [0.29, 0.717) is 6.42 Å². The number of carboxylic acids is 1. The number of nitrogens with one attached hydrogen (secondary N) is 1. The topological polar surface area (TPSA) is 69.6 Å². The van der Waals surface area contributed by atoms with Gasteiger partial charge >= 0.3 is 5.97 Å². The van der Waals surface area contributed by atoms with Crippen molar-refractivity contribution >= 4 is 5.97 Å². The van der Waals surface area contributed by atoms with Crippen molar-refractivity contribution in [3.63, 3.8) is 0 Å². The van der Waals surface area contributed by atoms with Crippen LogP contribution in [0.2, 0.25) is 0 Å². The highest BCUT2D eigenvalue weighted by molar-refractivity contribution is 5.75. The van der Waals surface area contributed by atoms with Crippen molar-refractivity contribution in [2.75, 3.05) is 13.2 Å². The molecule has 3 N–H and O–H groups in total. The first-order chi connectivity index (χ1) is 8.06. The molecule has 1 rings (SSSR count). The second-order valence-corrected chi connectivity index (χ2v) is 3.48. The molecule has 0 aromatic heterocycles. The second kappa shape index (κ2) is 6.27. The highest BCUT2D eigenvalue weighted by Crippen LogP contribution is 2.16. The van der Waals surface area contributed by atoms with E-state index >= 15 is 0 Å². The zero-order chi connectivity index (χ0) is 12.8. The summed E-state index contributed by atoms with van der Waals surface area (Å²) in [5.74, 6) is -3.29. The van der Waals surface area contributed by atoms with Crippen LogP contribution in [0.5, 0.6) is 0 Å². The molecule has 0 spiro atoms. The van der Waals surface area contributed by atoms with Gasteiger partial charge in [-0.1, -0.05) is 6.07 Å². The Morgan fingerprint density at radius 2 is 2.06 bits per heavy atom. The van der Waals surface area contributed by atoms with Crippen LogP contribution >= 0.6 is 0 Å². The molecule has 94 valence electrons. The van der Waals surface area contributed by atoms with Gasteiger partial charge in [0.1, 0.15) is 6.04 Å². The van der Waals surface area contributed by atoms with Crippen LogP contribution in [0.1, 0.15) is 18.0 Å². The maximum Gasteiger partial charge on any atom is 0.325 e. The number of hydrogen-bond donors (Lipinski definition) is 3. The summed E-state index contributed by atoms with van der Waals surface area (Å²) in [7, 11) is 0. The summed E-state index contributed by atoms with van der Waals surface area (Å²) in [5.41, 5.74) is 0.134. The minimum atomic E-state index is -1.19. The van der Waals surface area contributed by atoms with Crippen molar-refractivity contribution in [3.8, 4) is 0 Å². The van der Waals surface area contributed by atoms with Crippen LogP contribution < -0.4 is 5.32 Å². The molecule has 0 bridgehead atoms. The number of aliphatic hydroxyl groups is 1. The highest BCUT2D eigenvalue weighted by atomic mass is 19.2. The zero-order valence-electron chi connectivity index (χ0n) is 8.99. The van der Waals surface area contributed by atoms with Crippen molar-refractivity contribution in [2.45, 2.75) is 12.5 Å². The lowest BCUT2D eigenvalue weighted by Crippen LogP contribution is -2.29. The first-order valence-electron chi connectivity index (χ1n) is 5.08. The van der Waals surface area contributed by atoms with Gasteiger partial charge in [0.25, 0.3) is 0 Å². The van der Waals surface area contributed by atoms with Gasteiger partial charge in [-0.2, -0.15) is 0 Å². The quantitative estimate of drug-likeness (QED) is 0.655. The second-order valence-electron chi connectivity index (χ2n) is 3.48. The van der Waals surface area contributed by atoms with Crippen LogP contribution in [0.3, 0.4) is 0 Å². The van der Waals surface area contributed by atoms with Gasteiger partial charge in [-0.3, -0.25) is 4.79 Å². The first-order valence-corrected chi connectivity index (χ1v) is 5.08. The van der Waals surface area contributed by atoms with E-state index in [0.717, 1.165) is 12.1 Å². The lowest BCUT2D eigenvalue weighted by atomic mass is 10.1. The van der Waals surface area contributed by atoms with Gasteiger partial charge < -0.3 is 15.5 Å². The Morgan fingerprint density at radius 3 is 2.59 bits per heavy atom. The highest BCUT2D eigenvalue weighted by Gasteiger charge is 2.20. The molecule has 1 aromatic rings. The average Bonchev–Trinajstić information content (AvgIpc) is 2.28. The Balaban J connectivity index is 2.82. The number of halogens is 2.